The second-order valence-electron chi connectivity index (χ2n) is 2.43. The van der Waals surface area contributed by atoms with E-state index >= 15 is 0 Å². The van der Waals surface area contributed by atoms with Crippen molar-refractivity contribution in [3.63, 3.8) is 0 Å². The maximum atomic E-state index is 10.7. The molecule has 0 saturated heterocycles. The van der Waals surface area contributed by atoms with Crippen molar-refractivity contribution in [1.82, 2.24) is 0 Å². The molecule has 2 N–H and O–H groups in total. The lowest BCUT2D eigenvalue weighted by Gasteiger charge is -2.01. The van der Waals surface area contributed by atoms with E-state index in [1.54, 1.807) is 12.1 Å². The number of benzene rings is 1. The summed E-state index contributed by atoms with van der Waals surface area (Å²) >= 11 is -2.12. The van der Waals surface area contributed by atoms with Gasteiger partial charge in [-0.05, 0) is 11.6 Å². The monoisotopic (exact) mass is 200 g/mol. The van der Waals surface area contributed by atoms with E-state index in [1.807, 2.05) is 0 Å². The zero-order chi connectivity index (χ0) is 9.84. The zero-order valence-electron chi connectivity index (χ0n) is 6.64. The van der Waals surface area contributed by atoms with Crippen molar-refractivity contribution in [3.05, 3.63) is 29.8 Å². The lowest BCUT2D eigenvalue weighted by Crippen LogP contribution is -2.04. The molecule has 0 aliphatic carbocycles. The molecule has 0 aromatic heterocycles. The minimum atomic E-state index is -2.12. The molecule has 0 fully saturated rings. The van der Waals surface area contributed by atoms with Crippen LogP contribution < -0.4 is 0 Å². The number of rotatable bonds is 3. The van der Waals surface area contributed by atoms with Gasteiger partial charge < -0.3 is 9.66 Å². The van der Waals surface area contributed by atoms with E-state index in [4.69, 9.17) is 9.66 Å². The van der Waals surface area contributed by atoms with Gasteiger partial charge in [0, 0.05) is 0 Å². The Kier molecular flexibility index (Phi) is 3.16. The van der Waals surface area contributed by atoms with Crippen LogP contribution in [0.15, 0.2) is 29.2 Å². The molecule has 13 heavy (non-hydrogen) atoms. The highest BCUT2D eigenvalue weighted by atomic mass is 32.2. The predicted molar refractivity (Wildman–Crippen MR) is 46.8 cm³/mol. The SMILES string of the molecule is O=C(O)Cc1ccccc1S(=O)O. The molecule has 1 aromatic rings. The van der Waals surface area contributed by atoms with Crippen LogP contribution in [0.1, 0.15) is 5.56 Å². The molecule has 0 aliphatic heterocycles. The molecule has 1 aromatic carbocycles. The van der Waals surface area contributed by atoms with Gasteiger partial charge in [-0.2, -0.15) is 0 Å². The number of hydrogen-bond acceptors (Lipinski definition) is 2. The average Bonchev–Trinajstić information content (AvgIpc) is 2.03. The molecule has 4 nitrogen and oxygen atoms in total. The van der Waals surface area contributed by atoms with Gasteiger partial charge in [0.25, 0.3) is 0 Å². The highest BCUT2D eigenvalue weighted by Crippen LogP contribution is 2.12. The molecule has 70 valence electrons. The fourth-order valence-corrected chi connectivity index (χ4v) is 1.54. The third kappa shape index (κ3) is 2.64. The Morgan fingerprint density at radius 2 is 2.00 bits per heavy atom. The molecule has 1 atom stereocenters. The van der Waals surface area contributed by atoms with Crippen molar-refractivity contribution >= 4 is 17.0 Å². The van der Waals surface area contributed by atoms with Gasteiger partial charge in [-0.25, -0.2) is 4.21 Å². The number of carboxylic acids is 1. The van der Waals surface area contributed by atoms with Crippen LogP contribution in [0.4, 0.5) is 0 Å². The summed E-state index contributed by atoms with van der Waals surface area (Å²) in [6.07, 6.45) is -0.234. The van der Waals surface area contributed by atoms with Crippen LogP contribution in [0, 0.1) is 0 Å². The van der Waals surface area contributed by atoms with Gasteiger partial charge in [0.2, 0.25) is 0 Å². The molecule has 0 bridgehead atoms. The summed E-state index contributed by atoms with van der Waals surface area (Å²) in [5.41, 5.74) is 0.371. The number of carboxylic acid groups (broad SMARTS) is 1. The fraction of sp³-hybridized carbons (Fsp3) is 0.125. The summed E-state index contributed by atoms with van der Waals surface area (Å²) in [6.45, 7) is 0. The predicted octanol–water partition coefficient (Wildman–Crippen LogP) is 0.894. The molecule has 0 radical (unpaired) electrons. The minimum absolute atomic E-state index is 0.157. The lowest BCUT2D eigenvalue weighted by molar-refractivity contribution is -0.136. The van der Waals surface area contributed by atoms with E-state index in [-0.39, 0.29) is 11.3 Å². The van der Waals surface area contributed by atoms with Gasteiger partial charge >= 0.3 is 5.97 Å². The van der Waals surface area contributed by atoms with Gasteiger partial charge in [0.15, 0.2) is 11.1 Å². The topological polar surface area (TPSA) is 74.6 Å². The van der Waals surface area contributed by atoms with Crippen molar-refractivity contribution in [1.29, 1.82) is 0 Å². The van der Waals surface area contributed by atoms with Gasteiger partial charge in [-0.15, -0.1) is 0 Å². The van der Waals surface area contributed by atoms with E-state index in [0.29, 0.717) is 5.56 Å². The number of hydrogen-bond donors (Lipinski definition) is 2. The summed E-state index contributed by atoms with van der Waals surface area (Å²) in [4.78, 5) is 10.5. The Balaban J connectivity index is 3.04. The Bertz CT molecular complexity index is 348. The first kappa shape index (κ1) is 9.88. The first-order valence-corrected chi connectivity index (χ1v) is 4.62. The van der Waals surface area contributed by atoms with Gasteiger partial charge in [-0.3, -0.25) is 4.79 Å². The lowest BCUT2D eigenvalue weighted by atomic mass is 10.1. The summed E-state index contributed by atoms with van der Waals surface area (Å²) in [7, 11) is 0. The van der Waals surface area contributed by atoms with Crippen molar-refractivity contribution < 1.29 is 18.7 Å². The van der Waals surface area contributed by atoms with Gasteiger partial charge in [0.05, 0.1) is 11.3 Å². The number of aliphatic carboxylic acids is 1. The van der Waals surface area contributed by atoms with Crippen LogP contribution >= 0.6 is 0 Å². The molecule has 0 amide bonds. The van der Waals surface area contributed by atoms with Gasteiger partial charge in [0.1, 0.15) is 0 Å². The van der Waals surface area contributed by atoms with E-state index < -0.39 is 17.0 Å². The van der Waals surface area contributed by atoms with E-state index in [2.05, 4.69) is 0 Å². The van der Waals surface area contributed by atoms with E-state index in [0.717, 1.165) is 0 Å². The van der Waals surface area contributed by atoms with Crippen molar-refractivity contribution in [2.45, 2.75) is 11.3 Å². The molecule has 1 unspecified atom stereocenters. The molecular weight excluding hydrogens is 192 g/mol. The normalized spacial score (nSPS) is 12.4. The second kappa shape index (κ2) is 4.15. The van der Waals surface area contributed by atoms with Crippen molar-refractivity contribution in [3.8, 4) is 0 Å². The molecule has 0 saturated carbocycles. The largest absolute Gasteiger partial charge is 0.481 e. The average molecular weight is 200 g/mol. The smallest absolute Gasteiger partial charge is 0.307 e. The van der Waals surface area contributed by atoms with Crippen LogP contribution in [0.5, 0.6) is 0 Å². The quantitative estimate of drug-likeness (QED) is 0.711. The molecule has 1 rings (SSSR count). The fourth-order valence-electron chi connectivity index (χ4n) is 0.983. The highest BCUT2D eigenvalue weighted by molar-refractivity contribution is 7.79. The standard InChI is InChI=1S/C8H8O4S/c9-8(10)5-6-3-1-2-4-7(6)13(11)12/h1-4H,5H2,(H,9,10)(H,11,12). The molecule has 5 heteroatoms. The van der Waals surface area contributed by atoms with Crippen LogP contribution in [0.3, 0.4) is 0 Å². The number of carbonyl (C=O) groups is 1. The Hall–Kier alpha value is -1.20. The molecule has 0 aliphatic rings. The van der Waals surface area contributed by atoms with Crippen molar-refractivity contribution in [2.75, 3.05) is 0 Å². The van der Waals surface area contributed by atoms with Crippen LogP contribution in [0.2, 0.25) is 0 Å². The van der Waals surface area contributed by atoms with Crippen molar-refractivity contribution in [2.24, 2.45) is 0 Å². The zero-order valence-corrected chi connectivity index (χ0v) is 7.45. The Morgan fingerprint density at radius 1 is 1.38 bits per heavy atom. The first-order chi connectivity index (χ1) is 6.11. The Morgan fingerprint density at radius 3 is 2.54 bits per heavy atom. The van der Waals surface area contributed by atoms with E-state index in [9.17, 15) is 9.00 Å². The van der Waals surface area contributed by atoms with Gasteiger partial charge in [-0.1, -0.05) is 18.2 Å². The summed E-state index contributed by atoms with van der Waals surface area (Å²) in [6, 6.07) is 6.19. The second-order valence-corrected chi connectivity index (χ2v) is 3.37. The Labute approximate surface area is 77.5 Å². The van der Waals surface area contributed by atoms with E-state index in [1.165, 1.54) is 12.1 Å². The first-order valence-electron chi connectivity index (χ1n) is 3.52. The summed E-state index contributed by atoms with van der Waals surface area (Å²) < 4.78 is 19.5. The van der Waals surface area contributed by atoms with Crippen LogP contribution in [-0.2, 0) is 22.3 Å². The maximum Gasteiger partial charge on any atom is 0.307 e. The highest BCUT2D eigenvalue weighted by Gasteiger charge is 2.09. The van der Waals surface area contributed by atoms with Crippen LogP contribution in [0.25, 0.3) is 0 Å². The van der Waals surface area contributed by atoms with Crippen LogP contribution in [-0.4, -0.2) is 19.8 Å². The third-order valence-corrected chi connectivity index (χ3v) is 2.28. The summed E-state index contributed by atoms with van der Waals surface area (Å²) in [5.74, 6) is -1.02. The third-order valence-electron chi connectivity index (χ3n) is 1.50. The molecule has 0 heterocycles. The minimum Gasteiger partial charge on any atom is -0.481 e. The summed E-state index contributed by atoms with van der Waals surface area (Å²) in [5, 5.41) is 8.49. The molecular formula is C8H8O4S. The molecule has 0 spiro atoms. The maximum absolute atomic E-state index is 10.7.